The molecular weight excluding hydrogens is 240 g/mol. The maximum Gasteiger partial charge on any atom is 0.196 e. The van der Waals surface area contributed by atoms with Crippen molar-refractivity contribution in [1.82, 2.24) is 0 Å². The summed E-state index contributed by atoms with van der Waals surface area (Å²) in [7, 11) is 0. The summed E-state index contributed by atoms with van der Waals surface area (Å²) in [6.45, 7) is 4.44. The van der Waals surface area contributed by atoms with E-state index in [2.05, 4.69) is 0 Å². The Kier molecular flexibility index (Phi) is 2.90. The van der Waals surface area contributed by atoms with Gasteiger partial charge < -0.3 is 9.15 Å². The Morgan fingerprint density at radius 1 is 1.21 bits per heavy atom. The molecule has 0 radical (unpaired) electrons. The van der Waals surface area contributed by atoms with Crippen molar-refractivity contribution in [2.75, 3.05) is 6.61 Å². The summed E-state index contributed by atoms with van der Waals surface area (Å²) < 4.78 is 11.0. The zero-order valence-electron chi connectivity index (χ0n) is 11.2. The number of ketones is 1. The molecule has 1 aromatic carbocycles. The fourth-order valence-corrected chi connectivity index (χ4v) is 2.51. The number of ether oxygens (including phenoxy) is 1. The van der Waals surface area contributed by atoms with Crippen LogP contribution in [0.3, 0.4) is 0 Å². The summed E-state index contributed by atoms with van der Waals surface area (Å²) in [5, 5.41) is 0. The van der Waals surface area contributed by atoms with Gasteiger partial charge in [0.05, 0.1) is 12.2 Å². The van der Waals surface area contributed by atoms with Gasteiger partial charge in [-0.15, -0.1) is 0 Å². The molecule has 0 saturated carbocycles. The van der Waals surface area contributed by atoms with Crippen LogP contribution in [0.5, 0.6) is 5.75 Å². The lowest BCUT2D eigenvalue weighted by Gasteiger charge is -2.17. The van der Waals surface area contributed by atoms with Gasteiger partial charge in [0.15, 0.2) is 5.78 Å². The van der Waals surface area contributed by atoms with Crippen LogP contribution < -0.4 is 4.74 Å². The van der Waals surface area contributed by atoms with Crippen molar-refractivity contribution in [3.8, 4) is 5.75 Å². The van der Waals surface area contributed by atoms with E-state index in [0.717, 1.165) is 36.5 Å². The smallest absolute Gasteiger partial charge is 0.196 e. The van der Waals surface area contributed by atoms with E-state index in [1.165, 1.54) is 0 Å². The third-order valence-corrected chi connectivity index (χ3v) is 3.46. The molecule has 2 heterocycles. The van der Waals surface area contributed by atoms with Gasteiger partial charge in [0.25, 0.3) is 0 Å². The number of carbonyl (C=O) groups excluding carboxylic acids is 1. The van der Waals surface area contributed by atoms with Crippen molar-refractivity contribution < 1.29 is 13.9 Å². The summed E-state index contributed by atoms with van der Waals surface area (Å²) in [5.41, 5.74) is 2.47. The SMILES string of the molecule is Cc1cc(C(=O)c2ccc3c(c2)CCCO3)c(C)o1. The Hall–Kier alpha value is -2.03. The molecule has 2 aromatic rings. The third-order valence-electron chi connectivity index (χ3n) is 3.46. The monoisotopic (exact) mass is 256 g/mol. The Morgan fingerprint density at radius 2 is 2.05 bits per heavy atom. The van der Waals surface area contributed by atoms with Crippen molar-refractivity contribution in [3.63, 3.8) is 0 Å². The van der Waals surface area contributed by atoms with E-state index in [1.54, 1.807) is 6.07 Å². The number of rotatable bonds is 2. The number of furan rings is 1. The van der Waals surface area contributed by atoms with Crippen LogP contribution in [0, 0.1) is 13.8 Å². The minimum absolute atomic E-state index is 0.0164. The van der Waals surface area contributed by atoms with Crippen LogP contribution in [-0.4, -0.2) is 12.4 Å². The number of aryl methyl sites for hydroxylation is 3. The lowest BCUT2D eigenvalue weighted by molar-refractivity contribution is 0.103. The third kappa shape index (κ3) is 2.16. The largest absolute Gasteiger partial charge is 0.493 e. The molecule has 19 heavy (non-hydrogen) atoms. The van der Waals surface area contributed by atoms with Crippen molar-refractivity contribution in [2.24, 2.45) is 0 Å². The zero-order chi connectivity index (χ0) is 13.4. The van der Waals surface area contributed by atoms with Crippen LogP contribution in [0.1, 0.15) is 39.4 Å². The molecule has 0 fully saturated rings. The lowest BCUT2D eigenvalue weighted by atomic mass is 9.98. The Morgan fingerprint density at radius 3 is 2.79 bits per heavy atom. The molecule has 0 spiro atoms. The second-order valence-corrected chi connectivity index (χ2v) is 4.93. The first kappa shape index (κ1) is 12.0. The van der Waals surface area contributed by atoms with Crippen molar-refractivity contribution in [3.05, 3.63) is 52.5 Å². The summed E-state index contributed by atoms with van der Waals surface area (Å²) in [5.74, 6) is 2.37. The molecule has 1 aliphatic heterocycles. The highest BCUT2D eigenvalue weighted by Gasteiger charge is 2.18. The topological polar surface area (TPSA) is 39.4 Å². The van der Waals surface area contributed by atoms with Gasteiger partial charge in [-0.05, 0) is 56.5 Å². The van der Waals surface area contributed by atoms with E-state index < -0.39 is 0 Å². The predicted octanol–water partition coefficient (Wildman–Crippen LogP) is 3.45. The molecule has 0 bridgehead atoms. The van der Waals surface area contributed by atoms with Crippen LogP contribution in [0.4, 0.5) is 0 Å². The van der Waals surface area contributed by atoms with E-state index >= 15 is 0 Å². The molecule has 1 aliphatic rings. The van der Waals surface area contributed by atoms with Crippen LogP contribution in [0.25, 0.3) is 0 Å². The van der Waals surface area contributed by atoms with Gasteiger partial charge in [-0.25, -0.2) is 0 Å². The number of fused-ring (bicyclic) bond motifs is 1. The Bertz CT molecular complexity index is 637. The first-order valence-electron chi connectivity index (χ1n) is 6.52. The fraction of sp³-hybridized carbons (Fsp3) is 0.312. The van der Waals surface area contributed by atoms with E-state index in [0.29, 0.717) is 16.9 Å². The van der Waals surface area contributed by atoms with Crippen molar-refractivity contribution >= 4 is 5.78 Å². The zero-order valence-corrected chi connectivity index (χ0v) is 11.2. The first-order chi connectivity index (χ1) is 9.15. The molecule has 3 heteroatoms. The Balaban J connectivity index is 1.98. The van der Waals surface area contributed by atoms with Crippen molar-refractivity contribution in [2.45, 2.75) is 26.7 Å². The van der Waals surface area contributed by atoms with Crippen LogP contribution in [-0.2, 0) is 6.42 Å². The normalized spacial score (nSPS) is 13.8. The van der Waals surface area contributed by atoms with Gasteiger partial charge >= 0.3 is 0 Å². The van der Waals surface area contributed by atoms with Gasteiger partial charge in [0.1, 0.15) is 17.3 Å². The molecule has 98 valence electrons. The van der Waals surface area contributed by atoms with Gasteiger partial charge in [0, 0.05) is 5.56 Å². The van der Waals surface area contributed by atoms with E-state index in [-0.39, 0.29) is 5.78 Å². The maximum absolute atomic E-state index is 12.5. The van der Waals surface area contributed by atoms with Gasteiger partial charge in [-0.3, -0.25) is 4.79 Å². The minimum atomic E-state index is 0.0164. The van der Waals surface area contributed by atoms with E-state index in [1.807, 2.05) is 32.0 Å². The molecule has 1 aromatic heterocycles. The van der Waals surface area contributed by atoms with E-state index in [9.17, 15) is 4.79 Å². The highest BCUT2D eigenvalue weighted by Crippen LogP contribution is 2.27. The predicted molar refractivity (Wildman–Crippen MR) is 71.9 cm³/mol. The van der Waals surface area contributed by atoms with Gasteiger partial charge in [-0.1, -0.05) is 0 Å². The number of hydrogen-bond acceptors (Lipinski definition) is 3. The van der Waals surface area contributed by atoms with Gasteiger partial charge in [0.2, 0.25) is 0 Å². The molecule has 0 amide bonds. The average Bonchev–Trinajstić information content (AvgIpc) is 2.76. The number of carbonyl (C=O) groups is 1. The minimum Gasteiger partial charge on any atom is -0.493 e. The average molecular weight is 256 g/mol. The lowest BCUT2D eigenvalue weighted by Crippen LogP contribution is -2.10. The maximum atomic E-state index is 12.5. The molecular formula is C16H16O3. The van der Waals surface area contributed by atoms with Gasteiger partial charge in [-0.2, -0.15) is 0 Å². The van der Waals surface area contributed by atoms with Crippen molar-refractivity contribution in [1.29, 1.82) is 0 Å². The summed E-state index contributed by atoms with van der Waals surface area (Å²) in [6.07, 6.45) is 1.98. The van der Waals surface area contributed by atoms with E-state index in [4.69, 9.17) is 9.15 Å². The van der Waals surface area contributed by atoms with Crippen LogP contribution in [0.2, 0.25) is 0 Å². The second-order valence-electron chi connectivity index (χ2n) is 4.93. The van der Waals surface area contributed by atoms with Crippen LogP contribution >= 0.6 is 0 Å². The fourth-order valence-electron chi connectivity index (χ4n) is 2.51. The molecule has 3 nitrogen and oxygen atoms in total. The molecule has 0 atom stereocenters. The van der Waals surface area contributed by atoms with Crippen LogP contribution in [0.15, 0.2) is 28.7 Å². The molecule has 3 rings (SSSR count). The highest BCUT2D eigenvalue weighted by molar-refractivity contribution is 6.09. The number of benzene rings is 1. The first-order valence-corrected chi connectivity index (χ1v) is 6.52. The molecule has 0 saturated heterocycles. The quantitative estimate of drug-likeness (QED) is 0.772. The standard InChI is InChI=1S/C16H16O3/c1-10-8-14(11(2)19-10)16(17)13-5-6-15-12(9-13)4-3-7-18-15/h5-6,8-9H,3-4,7H2,1-2H3. The highest BCUT2D eigenvalue weighted by atomic mass is 16.5. The number of hydrogen-bond donors (Lipinski definition) is 0. The molecule has 0 N–H and O–H groups in total. The second kappa shape index (κ2) is 4.57. The summed E-state index contributed by atoms with van der Waals surface area (Å²) in [4.78, 5) is 12.5. The molecule has 0 unspecified atom stereocenters. The molecule has 0 aliphatic carbocycles. The summed E-state index contributed by atoms with van der Waals surface area (Å²) in [6, 6.07) is 7.46. The summed E-state index contributed by atoms with van der Waals surface area (Å²) >= 11 is 0. The Labute approximate surface area is 112 Å².